The highest BCUT2D eigenvalue weighted by atomic mass is 35.5. The van der Waals surface area contributed by atoms with Gasteiger partial charge in [-0.25, -0.2) is 0 Å². The lowest BCUT2D eigenvalue weighted by molar-refractivity contribution is -0.144. The summed E-state index contributed by atoms with van der Waals surface area (Å²) in [6.45, 7) is 5.58. The quantitative estimate of drug-likeness (QED) is 0.315. The second kappa shape index (κ2) is 8.88. The molecule has 1 fully saturated rings. The fourth-order valence-corrected chi connectivity index (χ4v) is 5.41. The molecule has 0 radical (unpaired) electrons. The molecule has 3 heterocycles. The number of nitrogens with zero attached hydrogens (tertiary/aromatic N) is 2. The normalized spacial score (nSPS) is 22.7. The number of amides is 2. The molecule has 1 saturated heterocycles. The van der Waals surface area contributed by atoms with Crippen LogP contribution in [0.25, 0.3) is 0 Å². The lowest BCUT2D eigenvalue weighted by Gasteiger charge is -2.43. The zero-order valence-electron chi connectivity index (χ0n) is 20.8. The number of nitrogens with one attached hydrogen (secondary N) is 1. The Morgan fingerprint density at radius 1 is 1.08 bits per heavy atom. The number of pyridine rings is 1. The van der Waals surface area contributed by atoms with Crippen molar-refractivity contribution in [3.8, 4) is 11.5 Å². The molecule has 0 aliphatic carbocycles. The van der Waals surface area contributed by atoms with Crippen LogP contribution in [-0.2, 0) is 19.9 Å². The van der Waals surface area contributed by atoms with Gasteiger partial charge in [0.15, 0.2) is 5.54 Å². The molecule has 190 valence electrons. The van der Waals surface area contributed by atoms with E-state index in [1.54, 1.807) is 67.0 Å². The minimum Gasteiger partial charge on any atom is -0.497 e. The summed E-state index contributed by atoms with van der Waals surface area (Å²) < 4.78 is 11.1. The monoisotopic (exact) mass is 519 g/mol. The predicted molar refractivity (Wildman–Crippen MR) is 138 cm³/mol. The number of benzene rings is 2. The summed E-state index contributed by atoms with van der Waals surface area (Å²) >= 11 is 6.16. The second-order valence-corrected chi connectivity index (χ2v) is 10.6. The van der Waals surface area contributed by atoms with Crippen LogP contribution >= 0.6 is 11.6 Å². The summed E-state index contributed by atoms with van der Waals surface area (Å²) in [5.74, 6) is -3.11. The summed E-state index contributed by atoms with van der Waals surface area (Å²) in [6, 6.07) is 15.0. The van der Waals surface area contributed by atoms with Crippen LogP contribution in [0, 0.1) is 5.92 Å². The maximum atomic E-state index is 14.6. The molecule has 0 saturated carbocycles. The minimum absolute atomic E-state index is 0.278. The van der Waals surface area contributed by atoms with Gasteiger partial charge >= 0.3 is 5.97 Å². The second-order valence-electron chi connectivity index (χ2n) is 10.1. The molecular weight excluding hydrogens is 494 g/mol. The van der Waals surface area contributed by atoms with Gasteiger partial charge in [-0.2, -0.15) is 0 Å². The highest BCUT2D eigenvalue weighted by molar-refractivity contribution is 6.30. The van der Waals surface area contributed by atoms with E-state index in [1.165, 1.54) is 12.0 Å². The molecule has 0 unspecified atom stereocenters. The SMILES string of the molecule is COc1ccc2c(c1)[C@@H]1[C@@H](C(=O)O2)C(=O)N(c2ccc(Cl)cc2)[C@]1(C(=O)NC(C)(C)C)c1ccncc1. The first kappa shape index (κ1) is 24.8. The Hall–Kier alpha value is -3.91. The number of hydrogen-bond acceptors (Lipinski definition) is 6. The molecule has 0 bridgehead atoms. The Labute approximate surface area is 219 Å². The van der Waals surface area contributed by atoms with Crippen molar-refractivity contribution in [1.82, 2.24) is 10.3 Å². The summed E-state index contributed by atoms with van der Waals surface area (Å²) in [4.78, 5) is 47.7. The number of esters is 1. The third kappa shape index (κ3) is 3.92. The number of aromatic nitrogens is 1. The standard InChI is InChI=1S/C28H26ClN3O5/c1-27(2,3)31-26(35)28(16-11-13-30-14-12-16)23-20-15-19(36-4)9-10-21(20)37-25(34)22(23)24(33)32(28)18-7-5-17(29)6-8-18/h5-15,22-23H,1-4H3,(H,31,35)/t22-,23-,28-/m1/s1. The average molecular weight is 520 g/mol. The lowest BCUT2D eigenvalue weighted by Crippen LogP contribution is -2.60. The van der Waals surface area contributed by atoms with E-state index < -0.39 is 40.7 Å². The molecule has 8 nitrogen and oxygen atoms in total. The molecule has 3 atom stereocenters. The molecule has 2 aromatic carbocycles. The van der Waals surface area contributed by atoms with Gasteiger partial charge in [0.05, 0.1) is 7.11 Å². The van der Waals surface area contributed by atoms with E-state index in [0.29, 0.717) is 27.6 Å². The molecule has 3 aromatic rings. The van der Waals surface area contributed by atoms with Crippen LogP contribution in [-0.4, -0.2) is 35.4 Å². The van der Waals surface area contributed by atoms with Crippen LogP contribution in [0.3, 0.4) is 0 Å². The van der Waals surface area contributed by atoms with Crippen molar-refractivity contribution in [1.29, 1.82) is 0 Å². The molecular formula is C28H26ClN3O5. The highest BCUT2D eigenvalue weighted by Gasteiger charge is 2.69. The number of methoxy groups -OCH3 is 1. The fraction of sp³-hybridized carbons (Fsp3) is 0.286. The Balaban J connectivity index is 1.89. The first-order valence-corrected chi connectivity index (χ1v) is 12.2. The van der Waals surface area contributed by atoms with Crippen LogP contribution in [0.1, 0.15) is 37.8 Å². The molecule has 2 amide bonds. The number of fused-ring (bicyclic) bond motifs is 3. The van der Waals surface area contributed by atoms with Crippen molar-refractivity contribution in [3.63, 3.8) is 0 Å². The number of halogens is 1. The van der Waals surface area contributed by atoms with Gasteiger partial charge in [0.1, 0.15) is 17.4 Å². The van der Waals surface area contributed by atoms with Crippen LogP contribution in [0.2, 0.25) is 5.02 Å². The van der Waals surface area contributed by atoms with E-state index in [9.17, 15) is 14.4 Å². The Kier molecular flexibility index (Phi) is 5.95. The summed E-state index contributed by atoms with van der Waals surface area (Å²) in [5, 5.41) is 3.55. The summed E-state index contributed by atoms with van der Waals surface area (Å²) in [6.07, 6.45) is 3.12. The van der Waals surface area contributed by atoms with Gasteiger partial charge in [-0.3, -0.25) is 24.3 Å². The van der Waals surface area contributed by atoms with Crippen molar-refractivity contribution < 1.29 is 23.9 Å². The molecule has 2 aliphatic heterocycles. The van der Waals surface area contributed by atoms with Crippen LogP contribution < -0.4 is 19.7 Å². The summed E-state index contributed by atoms with van der Waals surface area (Å²) in [5.41, 5.74) is -0.858. The van der Waals surface area contributed by atoms with Crippen LogP contribution in [0.15, 0.2) is 67.0 Å². The molecule has 1 N–H and O–H groups in total. The van der Waals surface area contributed by atoms with Gasteiger partial charge in [-0.05, 0) is 80.9 Å². The molecule has 9 heteroatoms. The van der Waals surface area contributed by atoms with Gasteiger partial charge in [0.25, 0.3) is 5.91 Å². The van der Waals surface area contributed by atoms with Crippen molar-refractivity contribution in [2.24, 2.45) is 5.92 Å². The largest absolute Gasteiger partial charge is 0.497 e. The van der Waals surface area contributed by atoms with Gasteiger partial charge in [-0.15, -0.1) is 0 Å². The van der Waals surface area contributed by atoms with Gasteiger partial charge < -0.3 is 14.8 Å². The Morgan fingerprint density at radius 3 is 2.38 bits per heavy atom. The third-order valence-corrected chi connectivity index (χ3v) is 6.93. The fourth-order valence-electron chi connectivity index (χ4n) is 5.28. The number of hydrogen-bond donors (Lipinski definition) is 1. The Bertz CT molecular complexity index is 1390. The molecule has 5 rings (SSSR count). The van der Waals surface area contributed by atoms with Crippen molar-refractivity contribution in [2.45, 2.75) is 37.8 Å². The smallest absolute Gasteiger partial charge is 0.324 e. The van der Waals surface area contributed by atoms with Gasteiger partial charge in [-0.1, -0.05) is 11.6 Å². The minimum atomic E-state index is -1.66. The summed E-state index contributed by atoms with van der Waals surface area (Å²) in [7, 11) is 1.52. The van der Waals surface area contributed by atoms with Gasteiger partial charge in [0, 0.05) is 40.1 Å². The molecule has 0 spiro atoms. The number of rotatable bonds is 4. The number of carbonyl (C=O) groups excluding carboxylic acids is 3. The van der Waals surface area contributed by atoms with E-state index in [0.717, 1.165) is 0 Å². The zero-order valence-corrected chi connectivity index (χ0v) is 21.6. The first-order chi connectivity index (χ1) is 17.6. The number of ether oxygens (including phenoxy) is 2. The zero-order chi connectivity index (χ0) is 26.5. The van der Waals surface area contributed by atoms with E-state index in [2.05, 4.69) is 10.3 Å². The van der Waals surface area contributed by atoms with E-state index in [-0.39, 0.29) is 5.75 Å². The average Bonchev–Trinajstić information content (AvgIpc) is 3.15. The maximum Gasteiger partial charge on any atom is 0.324 e. The van der Waals surface area contributed by atoms with E-state index in [1.807, 2.05) is 20.8 Å². The van der Waals surface area contributed by atoms with Crippen molar-refractivity contribution in [3.05, 3.63) is 83.1 Å². The van der Waals surface area contributed by atoms with Gasteiger partial charge in [0.2, 0.25) is 5.91 Å². The predicted octanol–water partition coefficient (Wildman–Crippen LogP) is 4.22. The third-order valence-electron chi connectivity index (χ3n) is 6.68. The van der Waals surface area contributed by atoms with Crippen LogP contribution in [0.4, 0.5) is 5.69 Å². The number of carbonyl (C=O) groups is 3. The van der Waals surface area contributed by atoms with Crippen molar-refractivity contribution in [2.75, 3.05) is 12.0 Å². The maximum absolute atomic E-state index is 14.6. The topological polar surface area (TPSA) is 97.8 Å². The van der Waals surface area contributed by atoms with Crippen LogP contribution in [0.5, 0.6) is 11.5 Å². The Morgan fingerprint density at radius 2 is 1.76 bits per heavy atom. The van der Waals surface area contributed by atoms with E-state index >= 15 is 0 Å². The molecule has 2 aliphatic rings. The lowest BCUT2D eigenvalue weighted by atomic mass is 9.69. The molecule has 37 heavy (non-hydrogen) atoms. The van der Waals surface area contributed by atoms with E-state index in [4.69, 9.17) is 21.1 Å². The highest BCUT2D eigenvalue weighted by Crippen LogP contribution is 2.58. The number of anilines is 1. The van der Waals surface area contributed by atoms with Crippen molar-refractivity contribution >= 4 is 35.1 Å². The molecule has 1 aromatic heterocycles. The first-order valence-electron chi connectivity index (χ1n) is 11.8.